The van der Waals surface area contributed by atoms with Crippen molar-refractivity contribution in [2.24, 2.45) is 0 Å². The Hall–Kier alpha value is -1.86. The molecule has 2 heterocycles. The lowest BCUT2D eigenvalue weighted by Crippen LogP contribution is -2.38. The van der Waals surface area contributed by atoms with Crippen LogP contribution in [0, 0.1) is 6.92 Å². The normalized spacial score (nSPS) is 15.2. The molecule has 7 heteroatoms. The van der Waals surface area contributed by atoms with E-state index in [1.54, 1.807) is 13.1 Å². The summed E-state index contributed by atoms with van der Waals surface area (Å²) in [5, 5.41) is 2.91. The van der Waals surface area contributed by atoms with Crippen LogP contribution in [0.1, 0.15) is 35.0 Å². The number of ether oxygens (including phenoxy) is 2. The van der Waals surface area contributed by atoms with Crippen molar-refractivity contribution in [3.63, 3.8) is 0 Å². The summed E-state index contributed by atoms with van der Waals surface area (Å²) in [5.41, 5.74) is 1.88. The van der Waals surface area contributed by atoms with E-state index in [0.717, 1.165) is 44.8 Å². The number of rotatable bonds is 8. The van der Waals surface area contributed by atoms with Crippen LogP contribution in [0.4, 0.5) is 0 Å². The molecule has 1 aliphatic rings. The minimum Gasteiger partial charge on any atom is -0.462 e. The monoisotopic (exact) mass is 337 g/mol. The maximum Gasteiger partial charge on any atom is 0.340 e. The molecular formula is C17H27N3O4. The van der Waals surface area contributed by atoms with Crippen molar-refractivity contribution >= 4 is 11.9 Å². The third-order valence-electron chi connectivity index (χ3n) is 4.05. The lowest BCUT2D eigenvalue weighted by atomic mass is 10.1. The average molecular weight is 337 g/mol. The van der Waals surface area contributed by atoms with Crippen molar-refractivity contribution in [3.05, 3.63) is 23.0 Å². The highest BCUT2D eigenvalue weighted by Gasteiger charge is 2.19. The molecule has 0 saturated carbocycles. The van der Waals surface area contributed by atoms with Crippen LogP contribution in [-0.4, -0.2) is 67.8 Å². The number of amides is 1. The van der Waals surface area contributed by atoms with Gasteiger partial charge < -0.3 is 19.8 Å². The molecule has 1 aromatic heterocycles. The Morgan fingerprint density at radius 1 is 1.38 bits per heavy atom. The molecule has 7 nitrogen and oxygen atoms in total. The zero-order valence-electron chi connectivity index (χ0n) is 14.5. The number of H-pyrrole nitrogens is 1. The SMILES string of the molecule is CCOC(=O)c1c(C)c[nH]c1CC(=O)NCCCN1CCOCC1. The molecular weight excluding hydrogens is 310 g/mol. The molecule has 1 saturated heterocycles. The van der Waals surface area contributed by atoms with Crippen LogP contribution in [0.25, 0.3) is 0 Å². The number of aromatic nitrogens is 1. The molecule has 0 unspecified atom stereocenters. The Morgan fingerprint density at radius 2 is 2.12 bits per heavy atom. The maximum absolute atomic E-state index is 12.1. The highest BCUT2D eigenvalue weighted by Crippen LogP contribution is 2.15. The Kier molecular flexibility index (Phi) is 7.27. The van der Waals surface area contributed by atoms with Gasteiger partial charge in [0.05, 0.1) is 31.8 Å². The van der Waals surface area contributed by atoms with Gasteiger partial charge in [0, 0.05) is 31.5 Å². The van der Waals surface area contributed by atoms with Gasteiger partial charge in [-0.1, -0.05) is 0 Å². The molecule has 1 amide bonds. The molecule has 1 fully saturated rings. The number of hydrogen-bond donors (Lipinski definition) is 2. The maximum atomic E-state index is 12.1. The smallest absolute Gasteiger partial charge is 0.340 e. The zero-order chi connectivity index (χ0) is 17.4. The number of morpholine rings is 1. The van der Waals surface area contributed by atoms with Crippen LogP contribution in [0.15, 0.2) is 6.20 Å². The molecule has 2 N–H and O–H groups in total. The van der Waals surface area contributed by atoms with Crippen molar-refractivity contribution < 1.29 is 19.1 Å². The summed E-state index contributed by atoms with van der Waals surface area (Å²) < 4.78 is 10.4. The summed E-state index contributed by atoms with van der Waals surface area (Å²) in [4.78, 5) is 29.4. The van der Waals surface area contributed by atoms with Crippen LogP contribution in [0.2, 0.25) is 0 Å². The minimum absolute atomic E-state index is 0.0932. The third-order valence-corrected chi connectivity index (χ3v) is 4.05. The lowest BCUT2D eigenvalue weighted by Gasteiger charge is -2.26. The van der Waals surface area contributed by atoms with Crippen molar-refractivity contribution in [1.82, 2.24) is 15.2 Å². The third kappa shape index (κ3) is 5.35. The van der Waals surface area contributed by atoms with Gasteiger partial charge >= 0.3 is 5.97 Å². The van der Waals surface area contributed by atoms with Crippen molar-refractivity contribution in [3.8, 4) is 0 Å². The Bertz CT molecular complexity index is 550. The first kappa shape index (κ1) is 18.5. The van der Waals surface area contributed by atoms with E-state index in [1.807, 2.05) is 6.92 Å². The van der Waals surface area contributed by atoms with E-state index >= 15 is 0 Å². The molecule has 24 heavy (non-hydrogen) atoms. The highest BCUT2D eigenvalue weighted by atomic mass is 16.5. The number of nitrogens with zero attached hydrogens (tertiary/aromatic N) is 1. The zero-order valence-corrected chi connectivity index (χ0v) is 14.5. The van der Waals surface area contributed by atoms with Crippen molar-refractivity contribution in [2.45, 2.75) is 26.7 Å². The van der Waals surface area contributed by atoms with Gasteiger partial charge in [-0.2, -0.15) is 0 Å². The number of aryl methyl sites for hydroxylation is 1. The standard InChI is InChI=1S/C17H27N3O4/c1-3-24-17(22)16-13(2)12-19-14(16)11-15(21)18-5-4-6-20-7-9-23-10-8-20/h12,19H,3-11H2,1-2H3,(H,18,21). The Balaban J connectivity index is 1.75. The van der Waals surface area contributed by atoms with Gasteiger partial charge in [-0.05, 0) is 32.4 Å². The number of carbonyl (C=O) groups excluding carboxylic acids is 2. The number of nitrogens with one attached hydrogen (secondary N) is 2. The topological polar surface area (TPSA) is 83.7 Å². The largest absolute Gasteiger partial charge is 0.462 e. The highest BCUT2D eigenvalue weighted by molar-refractivity contribution is 5.94. The molecule has 0 aromatic carbocycles. The molecule has 0 radical (unpaired) electrons. The molecule has 2 rings (SSSR count). The fourth-order valence-electron chi connectivity index (χ4n) is 2.78. The first-order valence-corrected chi connectivity index (χ1v) is 8.52. The van der Waals surface area contributed by atoms with E-state index in [2.05, 4.69) is 15.2 Å². The number of carbonyl (C=O) groups is 2. The van der Waals surface area contributed by atoms with E-state index in [0.29, 0.717) is 24.4 Å². The van der Waals surface area contributed by atoms with Gasteiger partial charge in [0.25, 0.3) is 0 Å². The first-order chi connectivity index (χ1) is 11.6. The summed E-state index contributed by atoms with van der Waals surface area (Å²) in [6, 6.07) is 0. The van der Waals surface area contributed by atoms with E-state index < -0.39 is 0 Å². The summed E-state index contributed by atoms with van der Waals surface area (Å²) in [6.07, 6.45) is 2.78. The number of aromatic amines is 1. The first-order valence-electron chi connectivity index (χ1n) is 8.52. The quantitative estimate of drug-likeness (QED) is 0.543. The fraction of sp³-hybridized carbons (Fsp3) is 0.647. The van der Waals surface area contributed by atoms with E-state index in [1.165, 1.54) is 0 Å². The molecule has 0 atom stereocenters. The van der Waals surface area contributed by atoms with Gasteiger partial charge in [-0.25, -0.2) is 4.79 Å². The summed E-state index contributed by atoms with van der Waals surface area (Å²) >= 11 is 0. The van der Waals surface area contributed by atoms with E-state index in [-0.39, 0.29) is 18.3 Å². The van der Waals surface area contributed by atoms with Gasteiger partial charge in [0.15, 0.2) is 0 Å². The predicted octanol–water partition coefficient (Wildman–Crippen LogP) is 0.881. The summed E-state index contributed by atoms with van der Waals surface area (Å²) in [7, 11) is 0. The molecule has 0 bridgehead atoms. The van der Waals surface area contributed by atoms with Crippen LogP contribution in [0.3, 0.4) is 0 Å². The van der Waals surface area contributed by atoms with Crippen molar-refractivity contribution in [2.75, 3.05) is 46.0 Å². The summed E-state index contributed by atoms with van der Waals surface area (Å²) in [6.45, 7) is 8.98. The molecule has 134 valence electrons. The lowest BCUT2D eigenvalue weighted by molar-refractivity contribution is -0.120. The van der Waals surface area contributed by atoms with E-state index in [9.17, 15) is 9.59 Å². The minimum atomic E-state index is -0.383. The van der Waals surface area contributed by atoms with Gasteiger partial charge in [0.1, 0.15) is 0 Å². The number of esters is 1. The van der Waals surface area contributed by atoms with Crippen LogP contribution >= 0.6 is 0 Å². The molecule has 0 spiro atoms. The van der Waals surface area contributed by atoms with Gasteiger partial charge in [0.2, 0.25) is 5.91 Å². The second-order valence-electron chi connectivity index (χ2n) is 5.88. The average Bonchev–Trinajstić information content (AvgIpc) is 2.93. The molecule has 1 aromatic rings. The van der Waals surface area contributed by atoms with Crippen LogP contribution in [0.5, 0.6) is 0 Å². The van der Waals surface area contributed by atoms with E-state index in [4.69, 9.17) is 9.47 Å². The summed E-state index contributed by atoms with van der Waals surface area (Å²) in [5.74, 6) is -0.476. The second-order valence-corrected chi connectivity index (χ2v) is 5.88. The number of hydrogen-bond acceptors (Lipinski definition) is 5. The second kappa shape index (κ2) is 9.44. The van der Waals surface area contributed by atoms with Crippen LogP contribution < -0.4 is 5.32 Å². The van der Waals surface area contributed by atoms with Crippen LogP contribution in [-0.2, 0) is 20.7 Å². The van der Waals surface area contributed by atoms with Gasteiger partial charge in [-0.3, -0.25) is 9.69 Å². The fourth-order valence-corrected chi connectivity index (χ4v) is 2.78. The predicted molar refractivity (Wildman–Crippen MR) is 90.1 cm³/mol. The Morgan fingerprint density at radius 3 is 2.83 bits per heavy atom. The van der Waals surface area contributed by atoms with Gasteiger partial charge in [-0.15, -0.1) is 0 Å². The van der Waals surface area contributed by atoms with Crippen molar-refractivity contribution in [1.29, 1.82) is 0 Å². The Labute approximate surface area is 142 Å². The molecule has 1 aliphatic heterocycles. The molecule has 0 aliphatic carbocycles.